The summed E-state index contributed by atoms with van der Waals surface area (Å²) in [4.78, 5) is 16.4. The van der Waals surface area contributed by atoms with E-state index in [9.17, 15) is 4.79 Å². The van der Waals surface area contributed by atoms with Crippen molar-refractivity contribution in [1.29, 1.82) is 0 Å². The molecule has 0 aromatic heterocycles. The Labute approximate surface area is 125 Å². The van der Waals surface area contributed by atoms with Gasteiger partial charge in [-0.2, -0.15) is 0 Å². The van der Waals surface area contributed by atoms with Crippen LogP contribution in [0, 0.1) is 0 Å². The van der Waals surface area contributed by atoms with Gasteiger partial charge in [-0.3, -0.25) is 4.79 Å². The molecule has 0 spiro atoms. The van der Waals surface area contributed by atoms with Gasteiger partial charge in [0.25, 0.3) is 0 Å². The first kappa shape index (κ1) is 19.4. The maximum Gasteiger partial charge on any atom is 0.248 e. The summed E-state index contributed by atoms with van der Waals surface area (Å²) < 4.78 is 5.54. The van der Waals surface area contributed by atoms with E-state index in [1.807, 2.05) is 4.90 Å². The molecule has 0 aromatic carbocycles. The monoisotopic (exact) mass is 286 g/mol. The summed E-state index contributed by atoms with van der Waals surface area (Å²) in [6, 6.07) is 0. The van der Waals surface area contributed by atoms with Crippen LogP contribution in [0.3, 0.4) is 0 Å². The van der Waals surface area contributed by atoms with Crippen molar-refractivity contribution in [2.75, 3.05) is 45.9 Å². The molecular formula is C16H34N2O2. The third kappa shape index (κ3) is 9.32. The van der Waals surface area contributed by atoms with Crippen LogP contribution in [0.5, 0.6) is 0 Å². The standard InChI is InChI=1S/C16H34N2O2/c1-5-9-11-18(12-10-6-2)16(19)15-20-14-13-17(7-3)8-4/h5-15H2,1-4H3. The highest BCUT2D eigenvalue weighted by atomic mass is 16.5. The third-order valence-electron chi connectivity index (χ3n) is 3.59. The second kappa shape index (κ2) is 13.4. The summed E-state index contributed by atoms with van der Waals surface area (Å²) in [7, 11) is 0. The van der Waals surface area contributed by atoms with Crippen LogP contribution < -0.4 is 0 Å². The molecule has 0 saturated carbocycles. The van der Waals surface area contributed by atoms with E-state index in [0.717, 1.165) is 58.4 Å². The number of carbonyl (C=O) groups is 1. The van der Waals surface area contributed by atoms with Crippen molar-refractivity contribution in [2.45, 2.75) is 53.4 Å². The van der Waals surface area contributed by atoms with Gasteiger partial charge in [0.1, 0.15) is 6.61 Å². The Hall–Kier alpha value is -0.610. The molecule has 0 unspecified atom stereocenters. The predicted octanol–water partition coefficient (Wildman–Crippen LogP) is 2.77. The number of hydrogen-bond acceptors (Lipinski definition) is 3. The summed E-state index contributed by atoms with van der Waals surface area (Å²) >= 11 is 0. The van der Waals surface area contributed by atoms with E-state index in [4.69, 9.17) is 4.74 Å². The van der Waals surface area contributed by atoms with Crippen molar-refractivity contribution in [3.63, 3.8) is 0 Å². The zero-order chi connectivity index (χ0) is 15.2. The second-order valence-corrected chi connectivity index (χ2v) is 5.17. The zero-order valence-electron chi connectivity index (χ0n) is 14.0. The molecule has 0 aliphatic rings. The topological polar surface area (TPSA) is 32.8 Å². The van der Waals surface area contributed by atoms with Crippen LogP contribution in [0.2, 0.25) is 0 Å². The Morgan fingerprint density at radius 2 is 1.45 bits per heavy atom. The van der Waals surface area contributed by atoms with Gasteiger partial charge in [0, 0.05) is 19.6 Å². The molecule has 0 rings (SSSR count). The van der Waals surface area contributed by atoms with E-state index in [2.05, 4.69) is 32.6 Å². The molecule has 0 radical (unpaired) electrons. The molecular weight excluding hydrogens is 252 g/mol. The Morgan fingerprint density at radius 1 is 0.900 bits per heavy atom. The highest BCUT2D eigenvalue weighted by Gasteiger charge is 2.12. The summed E-state index contributed by atoms with van der Waals surface area (Å²) in [5.74, 6) is 0.145. The van der Waals surface area contributed by atoms with Gasteiger partial charge >= 0.3 is 0 Å². The van der Waals surface area contributed by atoms with E-state index < -0.39 is 0 Å². The summed E-state index contributed by atoms with van der Waals surface area (Å²) in [6.07, 6.45) is 4.40. The van der Waals surface area contributed by atoms with Gasteiger partial charge in [-0.25, -0.2) is 0 Å². The first-order valence-electron chi connectivity index (χ1n) is 8.27. The second-order valence-electron chi connectivity index (χ2n) is 5.17. The van der Waals surface area contributed by atoms with E-state index >= 15 is 0 Å². The van der Waals surface area contributed by atoms with E-state index in [0.29, 0.717) is 6.61 Å². The lowest BCUT2D eigenvalue weighted by Crippen LogP contribution is -2.36. The molecule has 0 bridgehead atoms. The number of rotatable bonds is 13. The molecule has 0 aliphatic carbocycles. The fourth-order valence-electron chi connectivity index (χ4n) is 2.04. The van der Waals surface area contributed by atoms with Gasteiger partial charge in [-0.15, -0.1) is 0 Å². The highest BCUT2D eigenvalue weighted by molar-refractivity contribution is 5.77. The Balaban J connectivity index is 3.92. The number of ether oxygens (including phenoxy) is 1. The van der Waals surface area contributed by atoms with Gasteiger partial charge in [0.15, 0.2) is 0 Å². The van der Waals surface area contributed by atoms with Crippen LogP contribution in [-0.2, 0) is 9.53 Å². The fraction of sp³-hybridized carbons (Fsp3) is 0.938. The Bertz CT molecular complexity index is 223. The van der Waals surface area contributed by atoms with Crippen LogP contribution in [0.25, 0.3) is 0 Å². The number of amides is 1. The summed E-state index contributed by atoms with van der Waals surface area (Å²) in [6.45, 7) is 14.2. The normalized spacial score (nSPS) is 11.1. The minimum absolute atomic E-state index is 0.145. The lowest BCUT2D eigenvalue weighted by Gasteiger charge is -2.23. The lowest BCUT2D eigenvalue weighted by atomic mass is 10.2. The van der Waals surface area contributed by atoms with E-state index in [1.54, 1.807) is 0 Å². The maximum atomic E-state index is 12.1. The SMILES string of the molecule is CCCCN(CCCC)C(=O)COCCN(CC)CC. The largest absolute Gasteiger partial charge is 0.370 e. The molecule has 0 fully saturated rings. The van der Waals surface area contributed by atoms with Crippen molar-refractivity contribution < 1.29 is 9.53 Å². The summed E-state index contributed by atoms with van der Waals surface area (Å²) in [5, 5.41) is 0. The quantitative estimate of drug-likeness (QED) is 0.488. The molecule has 1 amide bonds. The van der Waals surface area contributed by atoms with Crippen molar-refractivity contribution >= 4 is 5.91 Å². The van der Waals surface area contributed by atoms with Crippen molar-refractivity contribution in [1.82, 2.24) is 9.80 Å². The van der Waals surface area contributed by atoms with Crippen molar-refractivity contribution in [2.24, 2.45) is 0 Å². The van der Waals surface area contributed by atoms with Gasteiger partial charge in [0.05, 0.1) is 6.61 Å². The molecule has 4 heteroatoms. The first-order valence-corrected chi connectivity index (χ1v) is 8.27. The average Bonchev–Trinajstić information content (AvgIpc) is 2.47. The first-order chi connectivity index (χ1) is 9.69. The molecule has 0 N–H and O–H groups in total. The third-order valence-corrected chi connectivity index (χ3v) is 3.59. The number of likely N-dealkylation sites (N-methyl/N-ethyl adjacent to an activating group) is 1. The Morgan fingerprint density at radius 3 is 1.90 bits per heavy atom. The van der Waals surface area contributed by atoms with Crippen LogP contribution >= 0.6 is 0 Å². The molecule has 20 heavy (non-hydrogen) atoms. The van der Waals surface area contributed by atoms with Crippen LogP contribution in [0.1, 0.15) is 53.4 Å². The van der Waals surface area contributed by atoms with Crippen molar-refractivity contribution in [3.05, 3.63) is 0 Å². The molecule has 0 saturated heterocycles. The number of hydrogen-bond donors (Lipinski definition) is 0. The average molecular weight is 286 g/mol. The summed E-state index contributed by atoms with van der Waals surface area (Å²) in [5.41, 5.74) is 0. The van der Waals surface area contributed by atoms with Crippen LogP contribution in [0.15, 0.2) is 0 Å². The highest BCUT2D eigenvalue weighted by Crippen LogP contribution is 2.00. The zero-order valence-corrected chi connectivity index (χ0v) is 14.0. The molecule has 0 atom stereocenters. The molecule has 0 heterocycles. The molecule has 0 aliphatic heterocycles. The molecule has 0 aromatic rings. The van der Waals surface area contributed by atoms with Gasteiger partial charge < -0.3 is 14.5 Å². The van der Waals surface area contributed by atoms with E-state index in [1.165, 1.54) is 0 Å². The van der Waals surface area contributed by atoms with E-state index in [-0.39, 0.29) is 12.5 Å². The van der Waals surface area contributed by atoms with Gasteiger partial charge in [-0.1, -0.05) is 40.5 Å². The Kier molecular flexibility index (Phi) is 13.0. The minimum atomic E-state index is 0.145. The maximum absolute atomic E-state index is 12.1. The number of unbranched alkanes of at least 4 members (excludes halogenated alkanes) is 2. The van der Waals surface area contributed by atoms with Gasteiger partial charge in [0.2, 0.25) is 5.91 Å². The van der Waals surface area contributed by atoms with Gasteiger partial charge in [-0.05, 0) is 25.9 Å². The smallest absolute Gasteiger partial charge is 0.248 e. The minimum Gasteiger partial charge on any atom is -0.370 e. The van der Waals surface area contributed by atoms with Crippen molar-refractivity contribution in [3.8, 4) is 0 Å². The lowest BCUT2D eigenvalue weighted by molar-refractivity contribution is -0.136. The fourth-order valence-corrected chi connectivity index (χ4v) is 2.04. The van der Waals surface area contributed by atoms with Crippen LogP contribution in [-0.4, -0.2) is 61.6 Å². The molecule has 120 valence electrons. The number of nitrogens with zero attached hydrogens (tertiary/aromatic N) is 2. The number of carbonyl (C=O) groups excluding carboxylic acids is 1. The predicted molar refractivity (Wildman–Crippen MR) is 85.0 cm³/mol. The van der Waals surface area contributed by atoms with Crippen LogP contribution in [0.4, 0.5) is 0 Å². The molecule has 4 nitrogen and oxygen atoms in total.